The van der Waals surface area contributed by atoms with Gasteiger partial charge >= 0.3 is 0 Å². The average Bonchev–Trinajstić information content (AvgIpc) is 2.64. The second-order valence-corrected chi connectivity index (χ2v) is 6.21. The van der Waals surface area contributed by atoms with Crippen LogP contribution in [0.1, 0.15) is 18.4 Å². The zero-order valence-electron chi connectivity index (χ0n) is 14.2. The first-order valence-electron chi connectivity index (χ1n) is 8.36. The van der Waals surface area contributed by atoms with Crippen molar-refractivity contribution >= 4 is 11.5 Å². The molecule has 0 radical (unpaired) electrons. The summed E-state index contributed by atoms with van der Waals surface area (Å²) < 4.78 is 5.27. The molecule has 0 unspecified atom stereocenters. The van der Waals surface area contributed by atoms with E-state index >= 15 is 0 Å². The van der Waals surface area contributed by atoms with Gasteiger partial charge in [-0.3, -0.25) is 15.0 Å². The minimum absolute atomic E-state index is 0.0126. The van der Waals surface area contributed by atoms with Crippen LogP contribution in [-0.4, -0.2) is 41.0 Å². The molecule has 3 rings (SSSR count). The number of hydrogen-bond donors (Lipinski definition) is 1. The molecule has 132 valence electrons. The molecule has 1 aliphatic rings. The third-order valence-electron chi connectivity index (χ3n) is 4.44. The van der Waals surface area contributed by atoms with Crippen molar-refractivity contribution in [2.24, 2.45) is 0 Å². The van der Waals surface area contributed by atoms with E-state index in [2.05, 4.69) is 27.3 Å². The van der Waals surface area contributed by atoms with Crippen LogP contribution in [0.15, 0.2) is 42.6 Å². The molecule has 0 amide bonds. The molecule has 1 aromatic carbocycles. The Bertz CT molecular complexity index is 713. The van der Waals surface area contributed by atoms with Gasteiger partial charge in [0.2, 0.25) is 0 Å². The molecule has 0 aliphatic carbocycles. The van der Waals surface area contributed by atoms with Crippen molar-refractivity contribution in [3.05, 3.63) is 58.3 Å². The summed E-state index contributed by atoms with van der Waals surface area (Å²) in [7, 11) is 1.68. The summed E-state index contributed by atoms with van der Waals surface area (Å²) in [6.45, 7) is 2.92. The predicted molar refractivity (Wildman–Crippen MR) is 95.8 cm³/mol. The van der Waals surface area contributed by atoms with E-state index in [1.807, 2.05) is 12.1 Å². The quantitative estimate of drug-likeness (QED) is 0.642. The minimum Gasteiger partial charge on any atom is -0.497 e. The Morgan fingerprint density at radius 2 is 2.12 bits per heavy atom. The molecule has 2 aromatic rings. The van der Waals surface area contributed by atoms with Gasteiger partial charge in [-0.1, -0.05) is 12.1 Å². The lowest BCUT2D eigenvalue weighted by Crippen LogP contribution is -2.38. The number of methoxy groups -OCH3 is 1. The van der Waals surface area contributed by atoms with Crippen LogP contribution in [0.4, 0.5) is 11.5 Å². The molecule has 1 aromatic heterocycles. The van der Waals surface area contributed by atoms with E-state index in [4.69, 9.17) is 4.74 Å². The average molecular weight is 342 g/mol. The number of nitrogens with one attached hydrogen (secondary N) is 1. The fourth-order valence-electron chi connectivity index (χ4n) is 3.05. The molecule has 0 atom stereocenters. The highest BCUT2D eigenvalue weighted by Crippen LogP contribution is 2.20. The van der Waals surface area contributed by atoms with Gasteiger partial charge in [0.05, 0.1) is 12.0 Å². The van der Waals surface area contributed by atoms with E-state index in [-0.39, 0.29) is 5.69 Å². The summed E-state index contributed by atoms with van der Waals surface area (Å²) >= 11 is 0. The first-order valence-corrected chi connectivity index (χ1v) is 8.36. The fourth-order valence-corrected chi connectivity index (χ4v) is 3.05. The van der Waals surface area contributed by atoms with Crippen LogP contribution in [0.3, 0.4) is 0 Å². The standard InChI is InChI=1S/C18H22N4O3/c1-25-17-4-2-3-14(11-17)13-21-9-7-15(8-10-21)20-18-6-5-16(12-19-18)22(23)24/h2-6,11-12,15H,7-10,13H2,1H3,(H,19,20). The highest BCUT2D eigenvalue weighted by Gasteiger charge is 2.19. The van der Waals surface area contributed by atoms with Crippen LogP contribution in [-0.2, 0) is 6.54 Å². The summed E-state index contributed by atoms with van der Waals surface area (Å²) in [4.78, 5) is 16.8. The molecule has 1 saturated heterocycles. The van der Waals surface area contributed by atoms with E-state index in [0.717, 1.165) is 38.2 Å². The van der Waals surface area contributed by atoms with Gasteiger partial charge < -0.3 is 10.1 Å². The van der Waals surface area contributed by atoms with E-state index in [9.17, 15) is 10.1 Å². The van der Waals surface area contributed by atoms with E-state index in [1.54, 1.807) is 13.2 Å². The Kier molecular flexibility index (Phi) is 5.45. The molecular formula is C18H22N4O3. The lowest BCUT2D eigenvalue weighted by Gasteiger charge is -2.32. The molecule has 25 heavy (non-hydrogen) atoms. The Hall–Kier alpha value is -2.67. The second-order valence-electron chi connectivity index (χ2n) is 6.21. The number of likely N-dealkylation sites (tertiary alicyclic amines) is 1. The molecule has 0 bridgehead atoms. The van der Waals surface area contributed by atoms with Crippen molar-refractivity contribution in [3.8, 4) is 5.75 Å². The molecule has 1 aliphatic heterocycles. The highest BCUT2D eigenvalue weighted by atomic mass is 16.6. The Balaban J connectivity index is 1.49. The Morgan fingerprint density at radius 3 is 2.76 bits per heavy atom. The summed E-state index contributed by atoms with van der Waals surface area (Å²) in [5, 5.41) is 14.0. The van der Waals surface area contributed by atoms with E-state index < -0.39 is 4.92 Å². The van der Waals surface area contributed by atoms with Crippen LogP contribution in [0.5, 0.6) is 5.75 Å². The summed E-state index contributed by atoms with van der Waals surface area (Å²) in [6.07, 6.45) is 3.32. The van der Waals surface area contributed by atoms with Gasteiger partial charge in [-0.15, -0.1) is 0 Å². The van der Waals surface area contributed by atoms with Gasteiger partial charge in [0, 0.05) is 31.7 Å². The number of benzene rings is 1. The number of nitro groups is 1. The van der Waals surface area contributed by atoms with Crippen LogP contribution in [0.2, 0.25) is 0 Å². The van der Waals surface area contributed by atoms with Gasteiger partial charge in [-0.05, 0) is 36.6 Å². The third-order valence-corrected chi connectivity index (χ3v) is 4.44. The third kappa shape index (κ3) is 4.67. The highest BCUT2D eigenvalue weighted by molar-refractivity contribution is 5.41. The van der Waals surface area contributed by atoms with Gasteiger partial charge in [0.1, 0.15) is 17.8 Å². The molecule has 1 fully saturated rings. The van der Waals surface area contributed by atoms with Crippen LogP contribution >= 0.6 is 0 Å². The number of ether oxygens (including phenoxy) is 1. The van der Waals surface area contributed by atoms with E-state index in [0.29, 0.717) is 11.9 Å². The Labute approximate surface area is 146 Å². The van der Waals surface area contributed by atoms with Crippen LogP contribution in [0.25, 0.3) is 0 Å². The second kappa shape index (κ2) is 7.94. The normalized spacial score (nSPS) is 15.7. The van der Waals surface area contributed by atoms with Crippen molar-refractivity contribution in [3.63, 3.8) is 0 Å². The molecule has 2 heterocycles. The summed E-state index contributed by atoms with van der Waals surface area (Å²) in [5.74, 6) is 1.58. The van der Waals surface area contributed by atoms with Crippen molar-refractivity contribution in [2.75, 3.05) is 25.5 Å². The smallest absolute Gasteiger partial charge is 0.287 e. The minimum atomic E-state index is -0.437. The van der Waals surface area contributed by atoms with Gasteiger partial charge in [0.15, 0.2) is 0 Å². The topological polar surface area (TPSA) is 80.5 Å². The first kappa shape index (κ1) is 17.2. The zero-order chi connectivity index (χ0) is 17.6. The number of piperidine rings is 1. The van der Waals surface area contributed by atoms with Gasteiger partial charge in [-0.2, -0.15) is 0 Å². The fraction of sp³-hybridized carbons (Fsp3) is 0.389. The van der Waals surface area contributed by atoms with Crippen molar-refractivity contribution in [2.45, 2.75) is 25.4 Å². The largest absolute Gasteiger partial charge is 0.497 e. The number of hydrogen-bond acceptors (Lipinski definition) is 6. The number of aromatic nitrogens is 1. The number of anilines is 1. The Morgan fingerprint density at radius 1 is 1.32 bits per heavy atom. The van der Waals surface area contributed by atoms with Gasteiger partial charge in [-0.25, -0.2) is 4.98 Å². The number of pyridine rings is 1. The van der Waals surface area contributed by atoms with Crippen molar-refractivity contribution in [1.29, 1.82) is 0 Å². The molecule has 1 N–H and O–H groups in total. The number of rotatable bonds is 6. The molecule has 0 saturated carbocycles. The zero-order valence-corrected chi connectivity index (χ0v) is 14.2. The SMILES string of the molecule is COc1cccc(CN2CCC(Nc3ccc([N+](=O)[O-])cn3)CC2)c1. The maximum Gasteiger partial charge on any atom is 0.287 e. The molecule has 0 spiro atoms. The monoisotopic (exact) mass is 342 g/mol. The maximum absolute atomic E-state index is 10.7. The lowest BCUT2D eigenvalue weighted by atomic mass is 10.0. The first-order chi connectivity index (χ1) is 12.1. The lowest BCUT2D eigenvalue weighted by molar-refractivity contribution is -0.385. The molecule has 7 nitrogen and oxygen atoms in total. The van der Waals surface area contributed by atoms with Crippen molar-refractivity contribution < 1.29 is 9.66 Å². The molecular weight excluding hydrogens is 320 g/mol. The van der Waals surface area contributed by atoms with Crippen LogP contribution < -0.4 is 10.1 Å². The van der Waals surface area contributed by atoms with Crippen molar-refractivity contribution in [1.82, 2.24) is 9.88 Å². The maximum atomic E-state index is 10.7. The summed E-state index contributed by atoms with van der Waals surface area (Å²) in [5.41, 5.74) is 1.27. The predicted octanol–water partition coefficient (Wildman–Crippen LogP) is 3.07. The van der Waals surface area contributed by atoms with Crippen LogP contribution in [0, 0.1) is 10.1 Å². The van der Waals surface area contributed by atoms with E-state index in [1.165, 1.54) is 17.8 Å². The summed E-state index contributed by atoms with van der Waals surface area (Å²) in [6, 6.07) is 11.7. The van der Waals surface area contributed by atoms with Gasteiger partial charge in [0.25, 0.3) is 5.69 Å². The molecule has 7 heteroatoms. The number of nitrogens with zero attached hydrogens (tertiary/aromatic N) is 3.